The molecule has 25 heavy (non-hydrogen) atoms. The molecule has 1 aliphatic heterocycles. The number of piperidine rings is 1. The van der Waals surface area contributed by atoms with Crippen LogP contribution in [0.5, 0.6) is 5.75 Å². The topological polar surface area (TPSA) is 71.5 Å². The van der Waals surface area contributed by atoms with Crippen LogP contribution in [0.15, 0.2) is 47.5 Å². The molecule has 1 N–H and O–H groups in total. The van der Waals surface area contributed by atoms with Crippen molar-refractivity contribution in [3.05, 3.63) is 42.6 Å². The maximum Gasteiger partial charge on any atom is 0.263 e. The minimum absolute atomic E-state index is 0.171. The van der Waals surface area contributed by atoms with E-state index in [1.54, 1.807) is 24.4 Å². The Labute approximate surface area is 148 Å². The van der Waals surface area contributed by atoms with Crippen LogP contribution in [0.1, 0.15) is 19.8 Å². The fraction of sp³-hybridized carbons (Fsp3) is 0.389. The fourth-order valence-electron chi connectivity index (χ4n) is 2.85. The summed E-state index contributed by atoms with van der Waals surface area (Å²) < 4.78 is 32.4. The van der Waals surface area contributed by atoms with Gasteiger partial charge in [-0.05, 0) is 55.2 Å². The molecule has 1 aromatic carbocycles. The van der Waals surface area contributed by atoms with Gasteiger partial charge < -0.3 is 9.64 Å². The SMILES string of the molecule is COc1ccc(S(=O)(=O)Nc2ccc(N3CCC(C)CC3)cn2)cc1. The normalized spacial score (nSPS) is 15.8. The number of aromatic nitrogens is 1. The highest BCUT2D eigenvalue weighted by Crippen LogP contribution is 2.24. The summed E-state index contributed by atoms with van der Waals surface area (Å²) in [6.45, 7) is 4.30. The van der Waals surface area contributed by atoms with Crippen molar-refractivity contribution in [2.24, 2.45) is 5.92 Å². The highest BCUT2D eigenvalue weighted by molar-refractivity contribution is 7.92. The Balaban J connectivity index is 1.69. The number of nitrogens with zero attached hydrogens (tertiary/aromatic N) is 2. The number of rotatable bonds is 5. The number of methoxy groups -OCH3 is 1. The van der Waals surface area contributed by atoms with E-state index in [2.05, 4.69) is 21.5 Å². The molecule has 2 heterocycles. The Morgan fingerprint density at radius 3 is 2.36 bits per heavy atom. The fourth-order valence-corrected chi connectivity index (χ4v) is 3.86. The summed E-state index contributed by atoms with van der Waals surface area (Å²) in [7, 11) is -2.13. The van der Waals surface area contributed by atoms with Gasteiger partial charge in [-0.25, -0.2) is 13.4 Å². The second kappa shape index (κ2) is 7.31. The van der Waals surface area contributed by atoms with Gasteiger partial charge in [-0.2, -0.15) is 0 Å². The molecule has 0 amide bonds. The smallest absolute Gasteiger partial charge is 0.263 e. The maximum atomic E-state index is 12.4. The molecule has 0 unspecified atom stereocenters. The van der Waals surface area contributed by atoms with Crippen molar-refractivity contribution in [2.45, 2.75) is 24.7 Å². The largest absolute Gasteiger partial charge is 0.497 e. The van der Waals surface area contributed by atoms with Crippen molar-refractivity contribution in [3.63, 3.8) is 0 Å². The van der Waals surface area contributed by atoms with E-state index in [0.29, 0.717) is 11.6 Å². The van der Waals surface area contributed by atoms with Gasteiger partial charge in [0.25, 0.3) is 10.0 Å². The molecule has 0 spiro atoms. The zero-order valence-corrected chi connectivity index (χ0v) is 15.3. The summed E-state index contributed by atoms with van der Waals surface area (Å²) >= 11 is 0. The van der Waals surface area contributed by atoms with Crippen LogP contribution >= 0.6 is 0 Å². The van der Waals surface area contributed by atoms with E-state index in [0.717, 1.165) is 24.7 Å². The van der Waals surface area contributed by atoms with Gasteiger partial charge in [-0.3, -0.25) is 4.72 Å². The van der Waals surface area contributed by atoms with Crippen molar-refractivity contribution < 1.29 is 13.2 Å². The van der Waals surface area contributed by atoms with Crippen LogP contribution in [-0.2, 0) is 10.0 Å². The minimum atomic E-state index is -3.66. The van der Waals surface area contributed by atoms with Crippen LogP contribution < -0.4 is 14.4 Å². The van der Waals surface area contributed by atoms with Crippen molar-refractivity contribution in [3.8, 4) is 5.75 Å². The third kappa shape index (κ3) is 4.22. The summed E-state index contributed by atoms with van der Waals surface area (Å²) in [5, 5.41) is 0. The molecule has 2 aromatic rings. The number of nitrogens with one attached hydrogen (secondary N) is 1. The highest BCUT2D eigenvalue weighted by atomic mass is 32.2. The van der Waals surface area contributed by atoms with Gasteiger partial charge in [0.2, 0.25) is 0 Å². The molecular formula is C18H23N3O3S. The standard InChI is InChI=1S/C18H23N3O3S/c1-14-9-11-21(12-10-14)15-3-8-18(19-13-15)20-25(22,23)17-6-4-16(24-2)5-7-17/h3-8,13-14H,9-12H2,1-2H3,(H,19,20). The highest BCUT2D eigenvalue weighted by Gasteiger charge is 2.18. The van der Waals surface area contributed by atoms with Gasteiger partial charge in [0, 0.05) is 13.1 Å². The molecule has 7 heteroatoms. The third-order valence-corrected chi connectivity index (χ3v) is 5.88. The minimum Gasteiger partial charge on any atom is -0.497 e. The number of sulfonamides is 1. The molecule has 0 aliphatic carbocycles. The number of pyridine rings is 1. The molecule has 1 aliphatic rings. The van der Waals surface area contributed by atoms with Crippen LogP contribution in [0.4, 0.5) is 11.5 Å². The zero-order chi connectivity index (χ0) is 17.9. The molecule has 1 saturated heterocycles. The Bertz CT molecular complexity index is 796. The van der Waals surface area contributed by atoms with E-state index < -0.39 is 10.0 Å². The van der Waals surface area contributed by atoms with Crippen molar-refractivity contribution >= 4 is 21.5 Å². The summed E-state index contributed by atoms with van der Waals surface area (Å²) in [6.07, 6.45) is 4.07. The summed E-state index contributed by atoms with van der Waals surface area (Å²) in [6, 6.07) is 9.85. The van der Waals surface area contributed by atoms with Gasteiger partial charge in [0.15, 0.2) is 0 Å². The Morgan fingerprint density at radius 1 is 1.12 bits per heavy atom. The average molecular weight is 361 g/mol. The lowest BCUT2D eigenvalue weighted by atomic mass is 9.99. The van der Waals surface area contributed by atoms with E-state index in [1.165, 1.54) is 32.1 Å². The molecule has 0 saturated carbocycles. The van der Waals surface area contributed by atoms with Gasteiger partial charge in [0.1, 0.15) is 11.6 Å². The number of anilines is 2. The number of hydrogen-bond acceptors (Lipinski definition) is 5. The van der Waals surface area contributed by atoms with Gasteiger partial charge in [-0.1, -0.05) is 6.92 Å². The Hall–Kier alpha value is -2.28. The number of ether oxygens (including phenoxy) is 1. The predicted octanol–water partition coefficient (Wildman–Crippen LogP) is 3.13. The van der Waals surface area contributed by atoms with E-state index in [-0.39, 0.29) is 4.90 Å². The molecule has 1 fully saturated rings. The van der Waals surface area contributed by atoms with Crippen LogP contribution in [0.25, 0.3) is 0 Å². The van der Waals surface area contributed by atoms with Gasteiger partial charge >= 0.3 is 0 Å². The lowest BCUT2D eigenvalue weighted by molar-refractivity contribution is 0.414. The van der Waals surface area contributed by atoms with Crippen LogP contribution in [0.2, 0.25) is 0 Å². The van der Waals surface area contributed by atoms with Gasteiger partial charge in [-0.15, -0.1) is 0 Å². The van der Waals surface area contributed by atoms with Crippen LogP contribution in [-0.4, -0.2) is 33.6 Å². The van der Waals surface area contributed by atoms with Crippen LogP contribution in [0, 0.1) is 5.92 Å². The molecule has 0 radical (unpaired) electrons. The van der Waals surface area contributed by atoms with Crippen molar-refractivity contribution in [1.29, 1.82) is 0 Å². The third-order valence-electron chi connectivity index (χ3n) is 4.51. The second-order valence-electron chi connectivity index (χ2n) is 6.35. The maximum absolute atomic E-state index is 12.4. The number of benzene rings is 1. The van der Waals surface area contributed by atoms with Crippen LogP contribution in [0.3, 0.4) is 0 Å². The average Bonchev–Trinajstić information content (AvgIpc) is 2.63. The first-order valence-corrected chi connectivity index (χ1v) is 9.84. The van der Waals surface area contributed by atoms with E-state index in [1.807, 2.05) is 6.07 Å². The first-order chi connectivity index (χ1) is 12.0. The Kier molecular flexibility index (Phi) is 5.13. The molecule has 6 nitrogen and oxygen atoms in total. The molecule has 1 aromatic heterocycles. The zero-order valence-electron chi connectivity index (χ0n) is 14.5. The van der Waals surface area contributed by atoms with Crippen molar-refractivity contribution in [2.75, 3.05) is 29.8 Å². The van der Waals surface area contributed by atoms with E-state index >= 15 is 0 Å². The Morgan fingerprint density at radius 2 is 1.80 bits per heavy atom. The summed E-state index contributed by atoms with van der Waals surface area (Å²) in [4.78, 5) is 6.72. The second-order valence-corrected chi connectivity index (χ2v) is 8.03. The lowest BCUT2D eigenvalue weighted by Gasteiger charge is -2.31. The predicted molar refractivity (Wildman–Crippen MR) is 98.7 cm³/mol. The molecule has 0 atom stereocenters. The van der Waals surface area contributed by atoms with E-state index in [9.17, 15) is 8.42 Å². The molecule has 3 rings (SSSR count). The first kappa shape index (κ1) is 17.5. The first-order valence-electron chi connectivity index (χ1n) is 8.36. The van der Waals surface area contributed by atoms with Gasteiger partial charge in [0.05, 0.1) is 23.9 Å². The molecule has 134 valence electrons. The molecule has 0 bridgehead atoms. The summed E-state index contributed by atoms with van der Waals surface area (Å²) in [5.41, 5.74) is 1.03. The lowest BCUT2D eigenvalue weighted by Crippen LogP contribution is -2.32. The summed E-state index contributed by atoms with van der Waals surface area (Å²) in [5.74, 6) is 1.68. The van der Waals surface area contributed by atoms with Crippen molar-refractivity contribution in [1.82, 2.24) is 4.98 Å². The van der Waals surface area contributed by atoms with E-state index in [4.69, 9.17) is 4.74 Å². The quantitative estimate of drug-likeness (QED) is 0.886. The number of hydrogen-bond donors (Lipinski definition) is 1. The monoisotopic (exact) mass is 361 g/mol. The molecular weight excluding hydrogens is 338 g/mol.